The van der Waals surface area contributed by atoms with Gasteiger partial charge in [0, 0.05) is 17.1 Å². The van der Waals surface area contributed by atoms with Crippen molar-refractivity contribution in [1.82, 2.24) is 4.90 Å². The second-order valence-corrected chi connectivity index (χ2v) is 8.40. The predicted molar refractivity (Wildman–Crippen MR) is 122 cm³/mol. The van der Waals surface area contributed by atoms with Crippen LogP contribution < -0.4 is 10.2 Å². The summed E-state index contributed by atoms with van der Waals surface area (Å²) in [5.74, 6) is -0.674. The number of hydrogen-bond acceptors (Lipinski definition) is 4. The minimum absolute atomic E-state index is 0.0910. The van der Waals surface area contributed by atoms with Crippen LogP contribution in [0.25, 0.3) is 0 Å². The zero-order valence-corrected chi connectivity index (χ0v) is 18.0. The van der Waals surface area contributed by atoms with Gasteiger partial charge in [0.1, 0.15) is 6.04 Å². The molecule has 3 aromatic rings. The number of hydrogen-bond donors (Lipinski definition) is 1. The number of thiophene rings is 1. The van der Waals surface area contributed by atoms with E-state index in [1.165, 1.54) is 20.2 Å². The SMILES string of the molecule is Cc1ccsc1CCN1C(=O)N(c2ccccc2)C(=O)[C@H]1CC(=O)Nc1ccccc1. The second-order valence-electron chi connectivity index (χ2n) is 7.40. The van der Waals surface area contributed by atoms with Gasteiger partial charge < -0.3 is 10.2 Å². The summed E-state index contributed by atoms with van der Waals surface area (Å²) >= 11 is 1.63. The van der Waals surface area contributed by atoms with Crippen LogP contribution in [0, 0.1) is 6.92 Å². The summed E-state index contributed by atoms with van der Waals surface area (Å²) in [6.07, 6.45) is 0.550. The molecule has 158 valence electrons. The Morgan fingerprint density at radius 3 is 2.32 bits per heavy atom. The lowest BCUT2D eigenvalue weighted by Gasteiger charge is -2.21. The maximum Gasteiger partial charge on any atom is 0.332 e. The Morgan fingerprint density at radius 2 is 1.68 bits per heavy atom. The molecule has 0 spiro atoms. The number of anilines is 2. The van der Waals surface area contributed by atoms with Crippen LogP contribution in [-0.4, -0.2) is 35.3 Å². The van der Waals surface area contributed by atoms with Crippen molar-refractivity contribution < 1.29 is 14.4 Å². The molecule has 2 heterocycles. The quantitative estimate of drug-likeness (QED) is 0.559. The van der Waals surface area contributed by atoms with Crippen molar-refractivity contribution in [2.24, 2.45) is 0 Å². The number of imide groups is 1. The fourth-order valence-corrected chi connectivity index (χ4v) is 4.59. The van der Waals surface area contributed by atoms with Crippen molar-refractivity contribution in [2.75, 3.05) is 16.8 Å². The number of benzene rings is 2. The standard InChI is InChI=1S/C24H23N3O3S/c1-17-13-15-31-21(17)12-14-26-20(16-22(28)25-18-8-4-2-5-9-18)23(29)27(24(26)30)19-10-6-3-7-11-19/h2-11,13,15,20H,12,14,16H2,1H3,(H,25,28)/t20-/m1/s1. The van der Waals surface area contributed by atoms with E-state index < -0.39 is 6.04 Å². The molecule has 1 aliphatic heterocycles. The minimum Gasteiger partial charge on any atom is -0.326 e. The predicted octanol–water partition coefficient (Wildman–Crippen LogP) is 4.47. The van der Waals surface area contributed by atoms with Crippen LogP contribution in [0.3, 0.4) is 0 Å². The van der Waals surface area contributed by atoms with Gasteiger partial charge in [0.15, 0.2) is 0 Å². The van der Waals surface area contributed by atoms with Crippen molar-refractivity contribution in [1.29, 1.82) is 0 Å². The van der Waals surface area contributed by atoms with E-state index in [1.54, 1.807) is 47.7 Å². The molecule has 31 heavy (non-hydrogen) atoms. The average molecular weight is 434 g/mol. The van der Waals surface area contributed by atoms with Gasteiger partial charge in [-0.2, -0.15) is 0 Å². The third-order valence-electron chi connectivity index (χ3n) is 5.32. The summed E-state index contributed by atoms with van der Waals surface area (Å²) in [7, 11) is 0. The van der Waals surface area contributed by atoms with E-state index in [2.05, 4.69) is 5.32 Å². The van der Waals surface area contributed by atoms with E-state index in [4.69, 9.17) is 0 Å². The highest BCUT2D eigenvalue weighted by Gasteiger charge is 2.46. The van der Waals surface area contributed by atoms with Gasteiger partial charge in [0.2, 0.25) is 5.91 Å². The Morgan fingerprint density at radius 1 is 1.00 bits per heavy atom. The van der Waals surface area contributed by atoms with Gasteiger partial charge >= 0.3 is 6.03 Å². The number of nitrogens with one attached hydrogen (secondary N) is 1. The van der Waals surface area contributed by atoms with Crippen molar-refractivity contribution in [3.63, 3.8) is 0 Å². The number of amides is 4. The van der Waals surface area contributed by atoms with E-state index in [9.17, 15) is 14.4 Å². The molecule has 0 saturated carbocycles. The lowest BCUT2D eigenvalue weighted by molar-refractivity contribution is -0.124. The van der Waals surface area contributed by atoms with Gasteiger partial charge in [-0.3, -0.25) is 9.59 Å². The molecule has 4 amide bonds. The van der Waals surface area contributed by atoms with Gasteiger partial charge in [-0.05, 0) is 54.6 Å². The Kier molecular flexibility index (Phi) is 6.13. The Labute approximate surface area is 185 Å². The maximum atomic E-state index is 13.2. The van der Waals surface area contributed by atoms with Crippen LogP contribution >= 0.6 is 11.3 Å². The molecule has 1 aliphatic rings. The monoisotopic (exact) mass is 433 g/mol. The van der Waals surface area contributed by atoms with Crippen LogP contribution in [0.4, 0.5) is 16.2 Å². The molecule has 0 aliphatic carbocycles. The highest BCUT2D eigenvalue weighted by Crippen LogP contribution is 2.28. The summed E-state index contributed by atoms with van der Waals surface area (Å²) in [6.45, 7) is 2.41. The van der Waals surface area contributed by atoms with Gasteiger partial charge in [-0.15, -0.1) is 11.3 Å². The molecule has 0 unspecified atom stereocenters. The summed E-state index contributed by atoms with van der Waals surface area (Å²) in [6, 6.07) is 18.7. The van der Waals surface area contributed by atoms with Gasteiger partial charge in [0.25, 0.3) is 5.91 Å². The van der Waals surface area contributed by atoms with E-state index in [1.807, 2.05) is 42.6 Å². The van der Waals surface area contributed by atoms with Crippen LogP contribution in [0.1, 0.15) is 16.9 Å². The molecular formula is C24H23N3O3S. The first-order chi connectivity index (χ1) is 15.0. The number of nitrogens with zero attached hydrogens (tertiary/aromatic N) is 2. The van der Waals surface area contributed by atoms with Crippen molar-refractivity contribution in [2.45, 2.75) is 25.8 Å². The van der Waals surface area contributed by atoms with Crippen LogP contribution in [0.15, 0.2) is 72.1 Å². The van der Waals surface area contributed by atoms with E-state index in [0.29, 0.717) is 24.3 Å². The zero-order chi connectivity index (χ0) is 21.8. The Balaban J connectivity index is 1.55. The first kappa shape index (κ1) is 20.8. The van der Waals surface area contributed by atoms with Crippen molar-refractivity contribution in [3.05, 3.63) is 82.6 Å². The lowest BCUT2D eigenvalue weighted by Crippen LogP contribution is -2.39. The summed E-state index contributed by atoms with van der Waals surface area (Å²) < 4.78 is 0. The molecule has 1 aromatic heterocycles. The Bertz CT molecular complexity index is 1080. The molecule has 0 bridgehead atoms. The van der Waals surface area contributed by atoms with Crippen molar-refractivity contribution >= 4 is 40.6 Å². The molecule has 1 fully saturated rings. The maximum absolute atomic E-state index is 13.2. The third-order valence-corrected chi connectivity index (χ3v) is 6.40. The van der Waals surface area contributed by atoms with Gasteiger partial charge in [-0.1, -0.05) is 36.4 Å². The van der Waals surface area contributed by atoms with Crippen LogP contribution in [0.2, 0.25) is 0 Å². The zero-order valence-electron chi connectivity index (χ0n) is 17.2. The Hall–Kier alpha value is -3.45. The topological polar surface area (TPSA) is 69.7 Å². The van der Waals surface area contributed by atoms with Crippen LogP contribution in [-0.2, 0) is 16.0 Å². The molecule has 7 heteroatoms. The number of aryl methyl sites for hydroxylation is 1. The fourth-order valence-electron chi connectivity index (χ4n) is 3.69. The number of carbonyl (C=O) groups is 3. The number of para-hydroxylation sites is 2. The van der Waals surface area contributed by atoms with E-state index in [-0.39, 0.29) is 24.3 Å². The summed E-state index contributed by atoms with van der Waals surface area (Å²) in [5, 5.41) is 4.83. The van der Waals surface area contributed by atoms with Gasteiger partial charge in [-0.25, -0.2) is 9.69 Å². The van der Waals surface area contributed by atoms with Crippen LogP contribution in [0.5, 0.6) is 0 Å². The lowest BCUT2D eigenvalue weighted by atomic mass is 10.1. The van der Waals surface area contributed by atoms with Gasteiger partial charge in [0.05, 0.1) is 12.1 Å². The molecule has 0 radical (unpaired) electrons. The number of carbonyl (C=O) groups excluding carboxylic acids is 3. The normalized spacial score (nSPS) is 16.1. The minimum atomic E-state index is -0.836. The largest absolute Gasteiger partial charge is 0.332 e. The average Bonchev–Trinajstić information content (AvgIpc) is 3.28. The first-order valence-electron chi connectivity index (χ1n) is 10.1. The summed E-state index contributed by atoms with van der Waals surface area (Å²) in [4.78, 5) is 43.0. The van der Waals surface area contributed by atoms with E-state index >= 15 is 0 Å². The molecular weight excluding hydrogens is 410 g/mol. The number of urea groups is 1. The highest BCUT2D eigenvalue weighted by molar-refractivity contribution is 7.10. The smallest absolute Gasteiger partial charge is 0.326 e. The fraction of sp³-hybridized carbons (Fsp3) is 0.208. The molecule has 1 saturated heterocycles. The molecule has 1 atom stereocenters. The molecule has 2 aromatic carbocycles. The van der Waals surface area contributed by atoms with E-state index in [0.717, 1.165) is 0 Å². The molecule has 1 N–H and O–H groups in total. The summed E-state index contributed by atoms with van der Waals surface area (Å²) in [5.41, 5.74) is 2.34. The highest BCUT2D eigenvalue weighted by atomic mass is 32.1. The molecule has 6 nitrogen and oxygen atoms in total. The third kappa shape index (κ3) is 4.51. The van der Waals surface area contributed by atoms with Crippen molar-refractivity contribution in [3.8, 4) is 0 Å². The first-order valence-corrected chi connectivity index (χ1v) is 11.0. The number of rotatable bonds is 7. The second kappa shape index (κ2) is 9.14. The molecule has 4 rings (SSSR count).